The second-order valence-electron chi connectivity index (χ2n) is 7.66. The molecule has 5 aromatic rings. The van der Waals surface area contributed by atoms with Crippen LogP contribution in [0.3, 0.4) is 0 Å². The van der Waals surface area contributed by atoms with Gasteiger partial charge in [0.1, 0.15) is 30.3 Å². The average Bonchev–Trinajstić information content (AvgIpc) is 2.86. The number of hydrogen-bond acceptors (Lipinski definition) is 6. The molecule has 0 fully saturated rings. The van der Waals surface area contributed by atoms with Gasteiger partial charge in [0, 0.05) is 11.5 Å². The van der Waals surface area contributed by atoms with E-state index < -0.39 is 17.2 Å². The lowest BCUT2D eigenvalue weighted by Crippen LogP contribution is -2.06. The van der Waals surface area contributed by atoms with Crippen LogP contribution in [0.15, 0.2) is 94.1 Å². The molecule has 2 heterocycles. The van der Waals surface area contributed by atoms with Crippen LogP contribution >= 0.6 is 0 Å². The van der Waals surface area contributed by atoms with Crippen molar-refractivity contribution in [3.05, 3.63) is 112 Å². The zero-order valence-corrected chi connectivity index (χ0v) is 17.9. The molecule has 3 aromatic carbocycles. The summed E-state index contributed by atoms with van der Waals surface area (Å²) in [4.78, 5) is 27.9. The molecule has 168 valence electrons. The normalized spacial score (nSPS) is 10.9. The van der Waals surface area contributed by atoms with Gasteiger partial charge in [-0.1, -0.05) is 36.4 Å². The standard InChI is InChI=1S/C27H19NO6/c29-24-14-26(27(30)31)34-25-11-10-21(13-22(24)25)32-15-17-4-3-6-20(12-17)33-16-19-9-8-18-5-1-2-7-23(18)28-19/h1-14H,15-16H2,(H,30,31). The van der Waals surface area contributed by atoms with Gasteiger partial charge in [-0.15, -0.1) is 0 Å². The number of para-hydroxylation sites is 1. The molecule has 0 aliphatic heterocycles. The zero-order chi connectivity index (χ0) is 23.5. The summed E-state index contributed by atoms with van der Waals surface area (Å²) in [6, 6.07) is 25.1. The first-order chi connectivity index (χ1) is 16.5. The summed E-state index contributed by atoms with van der Waals surface area (Å²) in [6.07, 6.45) is 0. The number of carbonyl (C=O) groups is 1. The number of rotatable bonds is 7. The third-order valence-corrected chi connectivity index (χ3v) is 5.26. The first-order valence-electron chi connectivity index (χ1n) is 10.6. The lowest BCUT2D eigenvalue weighted by molar-refractivity contribution is 0.0663. The van der Waals surface area contributed by atoms with Gasteiger partial charge < -0.3 is 19.0 Å². The SMILES string of the molecule is O=C(O)c1cc(=O)c2cc(OCc3cccc(OCc4ccc5ccccc5n4)c3)ccc2o1. The number of hydrogen-bond donors (Lipinski definition) is 1. The minimum atomic E-state index is -1.29. The third-order valence-electron chi connectivity index (χ3n) is 5.26. The Bertz CT molecular complexity index is 1570. The maximum atomic E-state index is 12.2. The Morgan fingerprint density at radius 3 is 2.56 bits per heavy atom. The van der Waals surface area contributed by atoms with Gasteiger partial charge in [-0.2, -0.15) is 0 Å². The molecule has 0 spiro atoms. The van der Waals surface area contributed by atoms with Crippen LogP contribution in [-0.4, -0.2) is 16.1 Å². The Kier molecular flexibility index (Phi) is 5.66. The van der Waals surface area contributed by atoms with E-state index in [0.29, 0.717) is 18.1 Å². The highest BCUT2D eigenvalue weighted by molar-refractivity contribution is 5.87. The van der Waals surface area contributed by atoms with Gasteiger partial charge in [0.25, 0.3) is 0 Å². The first kappa shape index (κ1) is 21.2. The van der Waals surface area contributed by atoms with E-state index in [4.69, 9.17) is 19.0 Å². The second-order valence-corrected chi connectivity index (χ2v) is 7.66. The van der Waals surface area contributed by atoms with Crippen molar-refractivity contribution < 1.29 is 23.8 Å². The molecule has 0 saturated heterocycles. The molecule has 34 heavy (non-hydrogen) atoms. The highest BCUT2D eigenvalue weighted by atomic mass is 16.5. The van der Waals surface area contributed by atoms with Crippen LogP contribution in [-0.2, 0) is 13.2 Å². The summed E-state index contributed by atoms with van der Waals surface area (Å²) in [5.41, 5.74) is 2.39. The van der Waals surface area contributed by atoms with Crippen molar-refractivity contribution in [1.82, 2.24) is 4.98 Å². The molecule has 7 nitrogen and oxygen atoms in total. The molecule has 5 rings (SSSR count). The Balaban J connectivity index is 1.26. The van der Waals surface area contributed by atoms with Gasteiger partial charge in [0.2, 0.25) is 5.76 Å². The van der Waals surface area contributed by atoms with Crippen LogP contribution in [0.25, 0.3) is 21.9 Å². The number of carboxylic acid groups (broad SMARTS) is 1. The van der Waals surface area contributed by atoms with E-state index in [0.717, 1.165) is 28.2 Å². The number of aromatic carboxylic acids is 1. The summed E-state index contributed by atoms with van der Waals surface area (Å²) in [5.74, 6) is -0.536. The number of benzene rings is 3. The highest BCUT2D eigenvalue weighted by Crippen LogP contribution is 2.22. The molecule has 0 radical (unpaired) electrons. The fourth-order valence-corrected chi connectivity index (χ4v) is 3.57. The molecule has 7 heteroatoms. The minimum absolute atomic E-state index is 0.190. The summed E-state index contributed by atoms with van der Waals surface area (Å²) >= 11 is 0. The van der Waals surface area contributed by atoms with E-state index in [1.54, 1.807) is 12.1 Å². The molecule has 0 bridgehead atoms. The van der Waals surface area contributed by atoms with Gasteiger partial charge in [-0.05, 0) is 48.0 Å². The van der Waals surface area contributed by atoms with E-state index in [2.05, 4.69) is 4.98 Å². The van der Waals surface area contributed by atoms with Crippen LogP contribution in [0, 0.1) is 0 Å². The van der Waals surface area contributed by atoms with Gasteiger partial charge in [0.15, 0.2) is 5.43 Å². The van der Waals surface area contributed by atoms with Gasteiger partial charge in [-0.3, -0.25) is 4.79 Å². The lowest BCUT2D eigenvalue weighted by atomic mass is 10.2. The van der Waals surface area contributed by atoms with Crippen LogP contribution in [0.5, 0.6) is 11.5 Å². The Labute approximate surface area is 193 Å². The monoisotopic (exact) mass is 453 g/mol. The maximum absolute atomic E-state index is 12.2. The van der Waals surface area contributed by atoms with E-state index in [1.807, 2.05) is 60.7 Å². The van der Waals surface area contributed by atoms with Crippen molar-refractivity contribution in [1.29, 1.82) is 0 Å². The molecule has 0 atom stereocenters. The molecular weight excluding hydrogens is 434 g/mol. The summed E-state index contributed by atoms with van der Waals surface area (Å²) < 4.78 is 17.0. The van der Waals surface area contributed by atoms with Crippen LogP contribution in [0.4, 0.5) is 0 Å². The molecule has 1 N–H and O–H groups in total. The van der Waals surface area contributed by atoms with Gasteiger partial charge in [-0.25, -0.2) is 9.78 Å². The Morgan fingerprint density at radius 1 is 0.853 bits per heavy atom. The van der Waals surface area contributed by atoms with Crippen molar-refractivity contribution in [3.63, 3.8) is 0 Å². The third kappa shape index (κ3) is 4.59. The number of ether oxygens (including phenoxy) is 2. The topological polar surface area (TPSA) is 98.9 Å². The van der Waals surface area contributed by atoms with Crippen LogP contribution < -0.4 is 14.9 Å². The number of aromatic nitrogens is 1. The summed E-state index contributed by atoms with van der Waals surface area (Å²) in [7, 11) is 0. The number of nitrogens with zero attached hydrogens (tertiary/aromatic N) is 1. The number of fused-ring (bicyclic) bond motifs is 2. The van der Waals surface area contributed by atoms with Gasteiger partial charge in [0.05, 0.1) is 16.6 Å². The molecule has 0 unspecified atom stereocenters. The van der Waals surface area contributed by atoms with Crippen molar-refractivity contribution in [3.8, 4) is 11.5 Å². The van der Waals surface area contributed by atoms with Crippen molar-refractivity contribution >= 4 is 27.8 Å². The minimum Gasteiger partial charge on any atom is -0.489 e. The van der Waals surface area contributed by atoms with E-state index in [-0.39, 0.29) is 17.6 Å². The lowest BCUT2D eigenvalue weighted by Gasteiger charge is -2.10. The average molecular weight is 453 g/mol. The van der Waals surface area contributed by atoms with Crippen LogP contribution in [0.1, 0.15) is 21.8 Å². The molecule has 2 aromatic heterocycles. The van der Waals surface area contributed by atoms with Crippen molar-refractivity contribution in [2.24, 2.45) is 0 Å². The fourth-order valence-electron chi connectivity index (χ4n) is 3.57. The fraction of sp³-hybridized carbons (Fsp3) is 0.0741. The molecule has 0 saturated carbocycles. The molecular formula is C27H19NO6. The van der Waals surface area contributed by atoms with Crippen LogP contribution in [0.2, 0.25) is 0 Å². The summed E-state index contributed by atoms with van der Waals surface area (Å²) in [6.45, 7) is 0.601. The molecule has 0 aliphatic rings. The van der Waals surface area contributed by atoms with E-state index in [1.165, 1.54) is 6.07 Å². The predicted octanol–water partition coefficient (Wildman–Crippen LogP) is 5.20. The Morgan fingerprint density at radius 2 is 1.68 bits per heavy atom. The Hall–Kier alpha value is -4.65. The highest BCUT2D eigenvalue weighted by Gasteiger charge is 2.11. The predicted molar refractivity (Wildman–Crippen MR) is 126 cm³/mol. The largest absolute Gasteiger partial charge is 0.489 e. The number of carboxylic acids is 1. The zero-order valence-electron chi connectivity index (χ0n) is 17.9. The number of pyridine rings is 1. The second kappa shape index (κ2) is 9.07. The van der Waals surface area contributed by atoms with E-state index in [9.17, 15) is 9.59 Å². The van der Waals surface area contributed by atoms with Gasteiger partial charge >= 0.3 is 5.97 Å². The smallest absolute Gasteiger partial charge is 0.371 e. The molecule has 0 amide bonds. The summed E-state index contributed by atoms with van der Waals surface area (Å²) in [5, 5.41) is 10.4. The quantitative estimate of drug-likeness (QED) is 0.362. The van der Waals surface area contributed by atoms with Crippen molar-refractivity contribution in [2.45, 2.75) is 13.2 Å². The first-order valence-corrected chi connectivity index (χ1v) is 10.6. The maximum Gasteiger partial charge on any atom is 0.371 e. The van der Waals surface area contributed by atoms with E-state index >= 15 is 0 Å². The van der Waals surface area contributed by atoms with Crippen molar-refractivity contribution in [2.75, 3.05) is 0 Å². The molecule has 0 aliphatic carbocycles.